The summed E-state index contributed by atoms with van der Waals surface area (Å²) in [5.74, 6) is 3.01. The largest absolute Gasteiger partial charge is 0.493 e. The molecule has 0 spiro atoms. The summed E-state index contributed by atoms with van der Waals surface area (Å²) >= 11 is 6.14. The quantitative estimate of drug-likeness (QED) is 0.625. The molecular formula is C20H23ClN2O2. The highest BCUT2D eigenvalue weighted by Crippen LogP contribution is 2.29. The van der Waals surface area contributed by atoms with E-state index >= 15 is 0 Å². The fraction of sp³-hybridized carbons (Fsp3) is 0.350. The van der Waals surface area contributed by atoms with Gasteiger partial charge in [-0.05, 0) is 41.8 Å². The average molecular weight is 359 g/mol. The number of benzene rings is 2. The first-order valence-corrected chi connectivity index (χ1v) is 8.75. The number of hydrogen-bond acceptors (Lipinski definition) is 3. The minimum absolute atomic E-state index is 0.525. The Labute approximate surface area is 153 Å². The van der Waals surface area contributed by atoms with Gasteiger partial charge in [0, 0.05) is 18.0 Å². The van der Waals surface area contributed by atoms with Crippen molar-refractivity contribution in [3.05, 3.63) is 52.8 Å². The van der Waals surface area contributed by atoms with Crippen LogP contribution in [-0.4, -0.2) is 23.8 Å². The van der Waals surface area contributed by atoms with Gasteiger partial charge in [0.05, 0.1) is 25.3 Å². The Morgan fingerprint density at radius 3 is 2.48 bits per heavy atom. The molecule has 0 saturated carbocycles. The lowest BCUT2D eigenvalue weighted by Gasteiger charge is -2.13. The number of methoxy groups -OCH3 is 2. The first kappa shape index (κ1) is 17.6. The van der Waals surface area contributed by atoms with Crippen LogP contribution in [0.25, 0.3) is 11.0 Å². The van der Waals surface area contributed by atoms with Crippen LogP contribution in [0.3, 0.4) is 0 Å². The molecular weight excluding hydrogens is 336 g/mol. The molecule has 3 rings (SSSR count). The average Bonchev–Trinajstić information content (AvgIpc) is 2.90. The van der Waals surface area contributed by atoms with Crippen molar-refractivity contribution in [2.75, 3.05) is 14.2 Å². The van der Waals surface area contributed by atoms with E-state index in [4.69, 9.17) is 26.1 Å². The number of imidazole rings is 1. The topological polar surface area (TPSA) is 36.3 Å². The Morgan fingerprint density at radius 1 is 1.04 bits per heavy atom. The second-order valence-corrected chi connectivity index (χ2v) is 6.97. The fourth-order valence-electron chi connectivity index (χ4n) is 3.03. The van der Waals surface area contributed by atoms with E-state index in [1.54, 1.807) is 14.2 Å². The molecule has 0 N–H and O–H groups in total. The minimum Gasteiger partial charge on any atom is -0.493 e. The number of ether oxygens (including phenoxy) is 2. The molecule has 0 amide bonds. The summed E-state index contributed by atoms with van der Waals surface area (Å²) in [7, 11) is 3.29. The maximum absolute atomic E-state index is 6.14. The molecule has 5 heteroatoms. The molecule has 0 aliphatic carbocycles. The van der Waals surface area contributed by atoms with Crippen LogP contribution in [0, 0.1) is 5.92 Å². The minimum atomic E-state index is 0.525. The lowest BCUT2D eigenvalue weighted by molar-refractivity contribution is 0.354. The van der Waals surface area contributed by atoms with Crippen molar-refractivity contribution in [3.8, 4) is 11.5 Å². The van der Waals surface area contributed by atoms with E-state index in [0.29, 0.717) is 10.9 Å². The van der Waals surface area contributed by atoms with E-state index in [9.17, 15) is 0 Å². The molecule has 0 atom stereocenters. The summed E-state index contributed by atoms with van der Waals surface area (Å²) in [4.78, 5) is 4.83. The molecule has 0 aliphatic heterocycles. The van der Waals surface area contributed by atoms with Crippen LogP contribution in [0.4, 0.5) is 0 Å². The van der Waals surface area contributed by atoms with Gasteiger partial charge in [-0.25, -0.2) is 4.98 Å². The van der Waals surface area contributed by atoms with Crippen LogP contribution in [0.15, 0.2) is 36.4 Å². The molecule has 25 heavy (non-hydrogen) atoms. The molecule has 0 radical (unpaired) electrons. The summed E-state index contributed by atoms with van der Waals surface area (Å²) in [5, 5.41) is 0.708. The summed E-state index contributed by atoms with van der Waals surface area (Å²) in [5.41, 5.74) is 3.18. The zero-order valence-electron chi connectivity index (χ0n) is 15.0. The van der Waals surface area contributed by atoms with Gasteiger partial charge in [-0.15, -0.1) is 0 Å². The van der Waals surface area contributed by atoms with Gasteiger partial charge < -0.3 is 14.0 Å². The Hall–Kier alpha value is -2.20. The number of rotatable bonds is 6. The van der Waals surface area contributed by atoms with Gasteiger partial charge >= 0.3 is 0 Å². The molecule has 0 fully saturated rings. The maximum Gasteiger partial charge on any atom is 0.161 e. The SMILES string of the molecule is COc1ccc(Cc2nc3cc(Cl)ccc3n2CC(C)C)cc1OC. The van der Waals surface area contributed by atoms with Crippen LogP contribution in [-0.2, 0) is 13.0 Å². The van der Waals surface area contributed by atoms with Crippen molar-refractivity contribution < 1.29 is 9.47 Å². The number of aromatic nitrogens is 2. The van der Waals surface area contributed by atoms with Crippen molar-refractivity contribution in [1.29, 1.82) is 0 Å². The number of fused-ring (bicyclic) bond motifs is 1. The van der Waals surface area contributed by atoms with E-state index in [1.165, 1.54) is 0 Å². The zero-order valence-corrected chi connectivity index (χ0v) is 15.8. The Kier molecular flexibility index (Phi) is 5.19. The Balaban J connectivity index is 2.03. The molecule has 1 aromatic heterocycles. The highest BCUT2D eigenvalue weighted by Gasteiger charge is 2.14. The lowest BCUT2D eigenvalue weighted by Crippen LogP contribution is -2.09. The highest BCUT2D eigenvalue weighted by molar-refractivity contribution is 6.31. The molecule has 0 aliphatic rings. The van der Waals surface area contributed by atoms with Gasteiger partial charge in [0.2, 0.25) is 0 Å². The van der Waals surface area contributed by atoms with Crippen molar-refractivity contribution in [2.45, 2.75) is 26.8 Å². The monoisotopic (exact) mass is 358 g/mol. The normalized spacial score (nSPS) is 11.3. The first-order chi connectivity index (χ1) is 12.0. The predicted octanol–water partition coefficient (Wildman–Crippen LogP) is 4.95. The second kappa shape index (κ2) is 7.36. The van der Waals surface area contributed by atoms with E-state index in [-0.39, 0.29) is 0 Å². The molecule has 4 nitrogen and oxygen atoms in total. The van der Waals surface area contributed by atoms with E-state index < -0.39 is 0 Å². The number of halogens is 1. The van der Waals surface area contributed by atoms with Gasteiger partial charge in [0.25, 0.3) is 0 Å². The van der Waals surface area contributed by atoms with Gasteiger partial charge in [0.1, 0.15) is 5.82 Å². The van der Waals surface area contributed by atoms with Crippen molar-refractivity contribution >= 4 is 22.6 Å². The third-order valence-electron chi connectivity index (χ3n) is 4.15. The predicted molar refractivity (Wildman–Crippen MR) is 102 cm³/mol. The molecule has 0 bridgehead atoms. The summed E-state index contributed by atoms with van der Waals surface area (Å²) in [6, 6.07) is 11.9. The van der Waals surface area contributed by atoms with E-state index in [2.05, 4.69) is 18.4 Å². The van der Waals surface area contributed by atoms with Crippen LogP contribution >= 0.6 is 11.6 Å². The third kappa shape index (κ3) is 3.74. The van der Waals surface area contributed by atoms with Gasteiger partial charge in [-0.3, -0.25) is 0 Å². The fourth-order valence-corrected chi connectivity index (χ4v) is 3.20. The van der Waals surface area contributed by atoms with Crippen molar-refractivity contribution in [3.63, 3.8) is 0 Å². The molecule has 0 unspecified atom stereocenters. The summed E-state index contributed by atoms with van der Waals surface area (Å²) in [6.07, 6.45) is 0.722. The molecule has 2 aromatic carbocycles. The number of hydrogen-bond donors (Lipinski definition) is 0. The van der Waals surface area contributed by atoms with E-state index in [1.807, 2.05) is 36.4 Å². The lowest BCUT2D eigenvalue weighted by atomic mass is 10.1. The third-order valence-corrected chi connectivity index (χ3v) is 4.38. The second-order valence-electron chi connectivity index (χ2n) is 6.53. The van der Waals surface area contributed by atoms with Crippen molar-refractivity contribution in [2.24, 2.45) is 5.92 Å². The van der Waals surface area contributed by atoms with Crippen LogP contribution in [0.5, 0.6) is 11.5 Å². The zero-order chi connectivity index (χ0) is 18.0. The number of nitrogens with zero attached hydrogens (tertiary/aromatic N) is 2. The van der Waals surface area contributed by atoms with Crippen LogP contribution in [0.1, 0.15) is 25.2 Å². The Bertz CT molecular complexity index is 887. The molecule has 0 saturated heterocycles. The molecule has 132 valence electrons. The van der Waals surface area contributed by atoms with Crippen LogP contribution in [0.2, 0.25) is 5.02 Å². The standard InChI is InChI=1S/C20H23ClN2O2/c1-13(2)12-23-17-7-6-15(21)11-16(17)22-20(23)10-14-5-8-18(24-3)19(9-14)25-4/h5-9,11,13H,10,12H2,1-4H3. The van der Waals surface area contributed by atoms with Gasteiger partial charge in [-0.1, -0.05) is 31.5 Å². The maximum atomic E-state index is 6.14. The van der Waals surface area contributed by atoms with Crippen molar-refractivity contribution in [1.82, 2.24) is 9.55 Å². The summed E-state index contributed by atoms with van der Waals surface area (Å²) < 4.78 is 13.0. The Morgan fingerprint density at radius 2 is 1.80 bits per heavy atom. The molecule has 1 heterocycles. The van der Waals surface area contributed by atoms with Gasteiger partial charge in [-0.2, -0.15) is 0 Å². The molecule has 3 aromatic rings. The highest BCUT2D eigenvalue weighted by atomic mass is 35.5. The van der Waals surface area contributed by atoms with E-state index in [0.717, 1.165) is 46.9 Å². The summed E-state index contributed by atoms with van der Waals surface area (Å²) in [6.45, 7) is 5.34. The first-order valence-electron chi connectivity index (χ1n) is 8.37. The smallest absolute Gasteiger partial charge is 0.161 e. The van der Waals surface area contributed by atoms with Crippen LogP contribution < -0.4 is 9.47 Å². The van der Waals surface area contributed by atoms with Gasteiger partial charge in [0.15, 0.2) is 11.5 Å².